The van der Waals surface area contributed by atoms with Crippen LogP contribution >= 0.6 is 11.6 Å². The Balaban J connectivity index is 2.26. The average Bonchev–Trinajstić information content (AvgIpc) is 2.32. The molecule has 1 aliphatic heterocycles. The number of benzene rings is 1. The third-order valence-corrected chi connectivity index (χ3v) is 3.48. The van der Waals surface area contributed by atoms with Gasteiger partial charge >= 0.3 is 0 Å². The number of alkyl halides is 1. The summed E-state index contributed by atoms with van der Waals surface area (Å²) in [6.45, 7) is 2.79. The molecule has 0 saturated heterocycles. The van der Waals surface area contributed by atoms with Gasteiger partial charge in [0.2, 0.25) is 5.91 Å². The maximum Gasteiger partial charge on any atom is 0.227 e. The van der Waals surface area contributed by atoms with Gasteiger partial charge in [0.05, 0.1) is 0 Å². The summed E-state index contributed by atoms with van der Waals surface area (Å²) >= 11 is 5.81. The minimum absolute atomic E-state index is 0.218. The van der Waals surface area contributed by atoms with Crippen molar-refractivity contribution in [1.82, 2.24) is 0 Å². The molecule has 0 saturated carbocycles. The fourth-order valence-electron chi connectivity index (χ4n) is 2.06. The van der Waals surface area contributed by atoms with Crippen LogP contribution in [0.15, 0.2) is 24.3 Å². The Morgan fingerprint density at radius 3 is 2.88 bits per heavy atom. The van der Waals surface area contributed by atoms with Crippen molar-refractivity contribution in [2.75, 3.05) is 17.3 Å². The van der Waals surface area contributed by atoms with Crippen molar-refractivity contribution in [2.45, 2.75) is 19.8 Å². The molecule has 2 rings (SSSR count). The van der Waals surface area contributed by atoms with Crippen LogP contribution in [0.25, 0.3) is 0 Å². The first kappa shape index (κ1) is 11.5. The molecule has 0 radical (unpaired) electrons. The van der Waals surface area contributed by atoms with Crippen molar-refractivity contribution in [1.29, 1.82) is 0 Å². The molecule has 86 valence electrons. The summed E-state index contributed by atoms with van der Waals surface area (Å²) in [7, 11) is 0. The van der Waals surface area contributed by atoms with Gasteiger partial charge in [0, 0.05) is 24.5 Å². The van der Waals surface area contributed by atoms with Crippen LogP contribution in [0.1, 0.15) is 18.9 Å². The number of rotatable bonds is 3. The van der Waals surface area contributed by atoms with Gasteiger partial charge in [-0.05, 0) is 24.0 Å². The Morgan fingerprint density at radius 1 is 1.38 bits per heavy atom. The van der Waals surface area contributed by atoms with E-state index in [0.717, 1.165) is 18.7 Å². The molecule has 1 atom stereocenters. The molecule has 0 unspecified atom stereocenters. The van der Waals surface area contributed by atoms with E-state index in [1.807, 2.05) is 23.1 Å². The number of nitrogens with zero attached hydrogens (tertiary/aromatic N) is 1. The molecule has 0 aromatic heterocycles. The van der Waals surface area contributed by atoms with E-state index < -0.39 is 0 Å². The number of hydrogen-bond donors (Lipinski definition) is 0. The van der Waals surface area contributed by atoms with Crippen LogP contribution in [-0.2, 0) is 11.2 Å². The molecule has 1 aliphatic rings. The predicted octanol–water partition coefficient (Wildman–Crippen LogP) is 2.84. The normalized spacial score (nSPS) is 17.1. The van der Waals surface area contributed by atoms with Crippen molar-refractivity contribution >= 4 is 23.2 Å². The van der Waals surface area contributed by atoms with Gasteiger partial charge in [-0.25, -0.2) is 0 Å². The highest BCUT2D eigenvalue weighted by molar-refractivity contribution is 6.18. The number of anilines is 1. The number of hydrogen-bond acceptors (Lipinski definition) is 1. The predicted molar refractivity (Wildman–Crippen MR) is 67.0 cm³/mol. The Morgan fingerprint density at radius 2 is 2.12 bits per heavy atom. The smallest absolute Gasteiger partial charge is 0.227 e. The van der Waals surface area contributed by atoms with Crippen LogP contribution in [0.2, 0.25) is 0 Å². The second kappa shape index (κ2) is 4.88. The summed E-state index contributed by atoms with van der Waals surface area (Å²) in [5, 5.41) is 0. The Kier molecular flexibility index (Phi) is 3.49. The number of carbonyl (C=O) groups is 1. The SMILES string of the molecule is C[C@H](CCl)CN1C(=O)CCc2ccccc21. The highest BCUT2D eigenvalue weighted by atomic mass is 35.5. The zero-order valence-electron chi connectivity index (χ0n) is 9.45. The molecular formula is C13H16ClNO. The molecule has 1 aromatic rings. The van der Waals surface area contributed by atoms with E-state index in [4.69, 9.17) is 11.6 Å². The van der Waals surface area contributed by atoms with Gasteiger partial charge in [0.25, 0.3) is 0 Å². The summed E-state index contributed by atoms with van der Waals surface area (Å²) in [5.74, 6) is 1.14. The quantitative estimate of drug-likeness (QED) is 0.741. The zero-order valence-corrected chi connectivity index (χ0v) is 10.2. The van der Waals surface area contributed by atoms with Gasteiger partial charge in [-0.15, -0.1) is 11.6 Å². The largest absolute Gasteiger partial charge is 0.312 e. The minimum Gasteiger partial charge on any atom is -0.312 e. The highest BCUT2D eigenvalue weighted by Gasteiger charge is 2.24. The maximum atomic E-state index is 11.9. The van der Waals surface area contributed by atoms with Crippen LogP contribution in [-0.4, -0.2) is 18.3 Å². The lowest BCUT2D eigenvalue weighted by Gasteiger charge is -2.31. The molecule has 3 heteroatoms. The lowest BCUT2D eigenvalue weighted by Crippen LogP contribution is -2.38. The Hall–Kier alpha value is -1.02. The third-order valence-electron chi connectivity index (χ3n) is 2.95. The standard InChI is InChI=1S/C13H16ClNO/c1-10(8-14)9-15-12-5-3-2-4-11(12)6-7-13(15)16/h2-5,10H,6-9H2,1H3/t10-/m1/s1. The topological polar surface area (TPSA) is 20.3 Å². The lowest BCUT2D eigenvalue weighted by molar-refractivity contribution is -0.119. The van der Waals surface area contributed by atoms with E-state index in [1.165, 1.54) is 5.56 Å². The molecule has 0 spiro atoms. The van der Waals surface area contributed by atoms with Crippen molar-refractivity contribution in [3.8, 4) is 0 Å². The number of amides is 1. The van der Waals surface area contributed by atoms with E-state index >= 15 is 0 Å². The first-order valence-electron chi connectivity index (χ1n) is 5.66. The average molecular weight is 238 g/mol. The molecular weight excluding hydrogens is 222 g/mol. The summed E-state index contributed by atoms with van der Waals surface area (Å²) in [5.41, 5.74) is 2.33. The number of para-hydroxylation sites is 1. The van der Waals surface area contributed by atoms with E-state index in [1.54, 1.807) is 0 Å². The van der Waals surface area contributed by atoms with Crippen LogP contribution in [0.3, 0.4) is 0 Å². The second-order valence-corrected chi connectivity index (χ2v) is 4.70. The third kappa shape index (κ3) is 2.22. The van der Waals surface area contributed by atoms with E-state index in [-0.39, 0.29) is 5.91 Å². The minimum atomic E-state index is 0.218. The van der Waals surface area contributed by atoms with Gasteiger partial charge in [-0.2, -0.15) is 0 Å². The number of carbonyl (C=O) groups excluding carboxylic acids is 1. The van der Waals surface area contributed by atoms with Crippen LogP contribution in [0.5, 0.6) is 0 Å². The van der Waals surface area contributed by atoms with Gasteiger partial charge in [-0.3, -0.25) is 4.79 Å². The molecule has 1 aromatic carbocycles. The van der Waals surface area contributed by atoms with E-state index in [2.05, 4.69) is 13.0 Å². The lowest BCUT2D eigenvalue weighted by atomic mass is 10.00. The van der Waals surface area contributed by atoms with Crippen LogP contribution in [0, 0.1) is 5.92 Å². The first-order valence-corrected chi connectivity index (χ1v) is 6.20. The Labute approximate surface area is 101 Å². The molecule has 0 aliphatic carbocycles. The van der Waals surface area contributed by atoms with Gasteiger partial charge in [0.15, 0.2) is 0 Å². The van der Waals surface area contributed by atoms with Crippen LogP contribution in [0.4, 0.5) is 5.69 Å². The Bertz CT molecular complexity index is 391. The molecule has 0 fully saturated rings. The van der Waals surface area contributed by atoms with E-state index in [0.29, 0.717) is 18.2 Å². The van der Waals surface area contributed by atoms with Crippen molar-refractivity contribution < 1.29 is 4.79 Å². The summed E-state index contributed by atoms with van der Waals surface area (Å²) in [4.78, 5) is 13.8. The number of aryl methyl sites for hydroxylation is 1. The fraction of sp³-hybridized carbons (Fsp3) is 0.462. The zero-order chi connectivity index (χ0) is 11.5. The number of fused-ring (bicyclic) bond motifs is 1. The first-order chi connectivity index (χ1) is 7.72. The summed E-state index contributed by atoms with van der Waals surface area (Å²) < 4.78 is 0. The monoisotopic (exact) mass is 237 g/mol. The van der Waals surface area contributed by atoms with Crippen LogP contribution < -0.4 is 4.90 Å². The molecule has 2 nitrogen and oxygen atoms in total. The molecule has 16 heavy (non-hydrogen) atoms. The molecule has 0 bridgehead atoms. The summed E-state index contributed by atoms with van der Waals surface area (Å²) in [6, 6.07) is 8.13. The van der Waals surface area contributed by atoms with Crippen molar-refractivity contribution in [2.24, 2.45) is 5.92 Å². The molecule has 0 N–H and O–H groups in total. The fourth-order valence-corrected chi connectivity index (χ4v) is 2.15. The van der Waals surface area contributed by atoms with Gasteiger partial charge < -0.3 is 4.90 Å². The highest BCUT2D eigenvalue weighted by Crippen LogP contribution is 2.28. The number of halogens is 1. The van der Waals surface area contributed by atoms with Gasteiger partial charge in [0.1, 0.15) is 0 Å². The maximum absolute atomic E-state index is 11.9. The summed E-state index contributed by atoms with van der Waals surface area (Å²) in [6.07, 6.45) is 1.48. The van der Waals surface area contributed by atoms with Crippen molar-refractivity contribution in [3.05, 3.63) is 29.8 Å². The second-order valence-electron chi connectivity index (χ2n) is 4.39. The molecule has 1 heterocycles. The van der Waals surface area contributed by atoms with E-state index in [9.17, 15) is 4.79 Å². The molecule has 1 amide bonds. The van der Waals surface area contributed by atoms with Gasteiger partial charge in [-0.1, -0.05) is 25.1 Å². The van der Waals surface area contributed by atoms with Crippen molar-refractivity contribution in [3.63, 3.8) is 0 Å².